The number of nitrogens with one attached hydrogen (secondary N) is 1. The van der Waals surface area contributed by atoms with Gasteiger partial charge >= 0.3 is 0 Å². The highest BCUT2D eigenvalue weighted by Gasteiger charge is 2.29. The van der Waals surface area contributed by atoms with Crippen LogP contribution in [-0.2, 0) is 14.8 Å². The molecule has 0 aliphatic carbocycles. The Hall–Kier alpha value is -0.660. The van der Waals surface area contributed by atoms with Crippen LogP contribution in [0.3, 0.4) is 0 Å². The molecule has 1 aliphatic heterocycles. The first kappa shape index (κ1) is 12.4. The summed E-state index contributed by atoms with van der Waals surface area (Å²) in [5, 5.41) is 7.22. The van der Waals surface area contributed by atoms with E-state index in [1.165, 1.54) is 4.31 Å². The molecule has 7 heteroatoms. The number of hydrogen-bond donors (Lipinski definition) is 2. The van der Waals surface area contributed by atoms with Gasteiger partial charge in [-0.3, -0.25) is 5.41 Å². The highest BCUT2D eigenvalue weighted by molar-refractivity contribution is 7.89. The van der Waals surface area contributed by atoms with E-state index in [0.717, 1.165) is 0 Å². The molecule has 1 rings (SSSR count). The molecule has 3 N–H and O–H groups in total. The average Bonchev–Trinajstić information content (AvgIpc) is 2.18. The van der Waals surface area contributed by atoms with Crippen molar-refractivity contribution in [3.05, 3.63) is 0 Å². The van der Waals surface area contributed by atoms with E-state index in [4.69, 9.17) is 15.9 Å². The van der Waals surface area contributed by atoms with Crippen LogP contribution in [0, 0.1) is 5.41 Å². The topological polar surface area (TPSA) is 96.5 Å². The van der Waals surface area contributed by atoms with Crippen molar-refractivity contribution in [1.29, 1.82) is 5.41 Å². The second kappa shape index (κ2) is 4.91. The minimum absolute atomic E-state index is 0.119. The summed E-state index contributed by atoms with van der Waals surface area (Å²) in [4.78, 5) is 0. The lowest BCUT2D eigenvalue weighted by atomic mass is 10.3. The SMILES string of the molecule is CCCS(=O)(=O)N1CCOC(C(=N)N)C1. The fourth-order valence-electron chi connectivity index (χ4n) is 1.45. The molecule has 1 aliphatic rings. The Bertz CT molecular complexity index is 328. The normalized spacial score (nSPS) is 23.9. The lowest BCUT2D eigenvalue weighted by Crippen LogP contribution is -2.50. The molecule has 1 saturated heterocycles. The Balaban J connectivity index is 2.67. The van der Waals surface area contributed by atoms with E-state index in [9.17, 15) is 8.42 Å². The maximum absolute atomic E-state index is 11.7. The van der Waals surface area contributed by atoms with Crippen LogP contribution >= 0.6 is 0 Å². The highest BCUT2D eigenvalue weighted by atomic mass is 32.2. The minimum atomic E-state index is -3.20. The van der Waals surface area contributed by atoms with Crippen LogP contribution < -0.4 is 5.73 Å². The molecule has 1 heterocycles. The van der Waals surface area contributed by atoms with Crippen LogP contribution in [0.1, 0.15) is 13.3 Å². The van der Waals surface area contributed by atoms with Crippen molar-refractivity contribution in [2.24, 2.45) is 5.73 Å². The number of nitrogens with two attached hydrogens (primary N) is 1. The molecule has 0 aromatic carbocycles. The molecule has 6 nitrogen and oxygen atoms in total. The van der Waals surface area contributed by atoms with Crippen molar-refractivity contribution in [2.45, 2.75) is 19.4 Å². The molecular formula is C8H17N3O3S. The number of hydrogen-bond acceptors (Lipinski definition) is 4. The minimum Gasteiger partial charge on any atom is -0.385 e. The molecule has 1 fully saturated rings. The number of morpholine rings is 1. The number of nitrogens with zero attached hydrogens (tertiary/aromatic N) is 1. The second-order valence-corrected chi connectivity index (χ2v) is 5.58. The Morgan fingerprint density at radius 2 is 2.33 bits per heavy atom. The summed E-state index contributed by atoms with van der Waals surface area (Å²) in [6.07, 6.45) is -0.00451. The van der Waals surface area contributed by atoms with Crippen molar-refractivity contribution < 1.29 is 13.2 Å². The van der Waals surface area contributed by atoms with Gasteiger partial charge in [0.05, 0.1) is 12.4 Å². The van der Waals surface area contributed by atoms with Crippen molar-refractivity contribution in [3.63, 3.8) is 0 Å². The first-order valence-corrected chi connectivity index (χ1v) is 6.51. The van der Waals surface area contributed by atoms with Gasteiger partial charge in [0.2, 0.25) is 10.0 Å². The predicted octanol–water partition coefficient (Wildman–Crippen LogP) is -0.637. The summed E-state index contributed by atoms with van der Waals surface area (Å²) in [6, 6.07) is 0. The first-order chi connectivity index (χ1) is 6.97. The number of sulfonamides is 1. The lowest BCUT2D eigenvalue weighted by molar-refractivity contribution is 0.0368. The second-order valence-electron chi connectivity index (χ2n) is 3.49. The van der Waals surface area contributed by atoms with Gasteiger partial charge < -0.3 is 10.5 Å². The van der Waals surface area contributed by atoms with Gasteiger partial charge in [-0.05, 0) is 6.42 Å². The summed E-state index contributed by atoms with van der Waals surface area (Å²) in [5.41, 5.74) is 5.28. The van der Waals surface area contributed by atoms with Gasteiger partial charge in [0.15, 0.2) is 0 Å². The maximum Gasteiger partial charge on any atom is 0.214 e. The molecule has 15 heavy (non-hydrogen) atoms. The Morgan fingerprint density at radius 1 is 1.67 bits per heavy atom. The third-order valence-corrected chi connectivity index (χ3v) is 4.27. The van der Waals surface area contributed by atoms with E-state index in [1.54, 1.807) is 0 Å². The Morgan fingerprint density at radius 3 is 2.87 bits per heavy atom. The molecule has 1 atom stereocenters. The average molecular weight is 235 g/mol. The molecule has 0 aromatic heterocycles. The van der Waals surface area contributed by atoms with Crippen molar-refractivity contribution >= 4 is 15.9 Å². The van der Waals surface area contributed by atoms with Crippen LogP contribution in [0.4, 0.5) is 0 Å². The number of rotatable bonds is 4. The zero-order chi connectivity index (χ0) is 11.5. The standard InChI is InChI=1S/C8H17N3O3S/c1-2-5-15(12,13)11-3-4-14-7(6-11)8(9)10/h7H,2-6H2,1H3,(H3,9,10). The van der Waals surface area contributed by atoms with E-state index in [1.807, 2.05) is 6.92 Å². The summed E-state index contributed by atoms with van der Waals surface area (Å²) >= 11 is 0. The predicted molar refractivity (Wildman–Crippen MR) is 57.3 cm³/mol. The van der Waals surface area contributed by atoms with Crippen LogP contribution in [0.5, 0.6) is 0 Å². The summed E-state index contributed by atoms with van der Waals surface area (Å²) in [6.45, 7) is 2.64. The molecule has 0 radical (unpaired) electrons. The highest BCUT2D eigenvalue weighted by Crippen LogP contribution is 2.11. The third-order valence-electron chi connectivity index (χ3n) is 2.23. The molecule has 1 unspecified atom stereocenters. The summed E-state index contributed by atoms with van der Waals surface area (Å²) < 4.78 is 30.0. The van der Waals surface area contributed by atoms with E-state index < -0.39 is 16.1 Å². The Kier molecular flexibility index (Phi) is 4.06. The zero-order valence-corrected chi connectivity index (χ0v) is 9.59. The van der Waals surface area contributed by atoms with Crippen LogP contribution in [0.15, 0.2) is 0 Å². The van der Waals surface area contributed by atoms with Crippen molar-refractivity contribution in [2.75, 3.05) is 25.4 Å². The van der Waals surface area contributed by atoms with Crippen molar-refractivity contribution in [3.8, 4) is 0 Å². The van der Waals surface area contributed by atoms with Gasteiger partial charge in [-0.2, -0.15) is 4.31 Å². The molecule has 88 valence electrons. The smallest absolute Gasteiger partial charge is 0.214 e. The third kappa shape index (κ3) is 3.15. The summed E-state index contributed by atoms with van der Waals surface area (Å²) in [7, 11) is -3.20. The van der Waals surface area contributed by atoms with Crippen LogP contribution in [0.2, 0.25) is 0 Å². The van der Waals surface area contributed by atoms with Crippen LogP contribution in [0.25, 0.3) is 0 Å². The largest absolute Gasteiger partial charge is 0.385 e. The quantitative estimate of drug-likeness (QED) is 0.500. The van der Waals surface area contributed by atoms with Gasteiger partial charge in [0.25, 0.3) is 0 Å². The van der Waals surface area contributed by atoms with Gasteiger partial charge in [-0.1, -0.05) is 6.92 Å². The summed E-state index contributed by atoms with van der Waals surface area (Å²) in [5.74, 6) is 0.0175. The van der Waals surface area contributed by atoms with Crippen LogP contribution in [-0.4, -0.2) is 50.1 Å². The lowest BCUT2D eigenvalue weighted by Gasteiger charge is -2.31. The number of amidine groups is 1. The van der Waals surface area contributed by atoms with E-state index >= 15 is 0 Å². The maximum atomic E-state index is 11.7. The van der Waals surface area contributed by atoms with E-state index in [0.29, 0.717) is 19.6 Å². The van der Waals surface area contributed by atoms with Gasteiger partial charge in [0, 0.05) is 13.1 Å². The molecule has 0 spiro atoms. The number of ether oxygens (including phenoxy) is 1. The molecule has 0 saturated carbocycles. The first-order valence-electron chi connectivity index (χ1n) is 4.90. The van der Waals surface area contributed by atoms with Crippen molar-refractivity contribution in [1.82, 2.24) is 4.31 Å². The van der Waals surface area contributed by atoms with E-state index in [2.05, 4.69) is 0 Å². The molecule has 0 bridgehead atoms. The van der Waals surface area contributed by atoms with E-state index in [-0.39, 0.29) is 18.1 Å². The molecule has 0 aromatic rings. The van der Waals surface area contributed by atoms with Gasteiger partial charge in [0.1, 0.15) is 11.9 Å². The molecule has 0 amide bonds. The zero-order valence-electron chi connectivity index (χ0n) is 8.77. The van der Waals surface area contributed by atoms with Gasteiger partial charge in [-0.15, -0.1) is 0 Å². The fraction of sp³-hybridized carbons (Fsp3) is 0.875. The monoisotopic (exact) mass is 235 g/mol. The fourth-order valence-corrected chi connectivity index (χ4v) is 2.94. The molecular weight excluding hydrogens is 218 g/mol. The van der Waals surface area contributed by atoms with Gasteiger partial charge in [-0.25, -0.2) is 8.42 Å². The Labute approximate surface area is 89.9 Å².